The Balaban J connectivity index is 0.000000250. The topological polar surface area (TPSA) is 34.6 Å². The van der Waals surface area contributed by atoms with Crippen molar-refractivity contribution < 1.29 is 9.05 Å². The van der Waals surface area contributed by atoms with Gasteiger partial charge in [0.05, 0.1) is 13.2 Å². The lowest BCUT2D eigenvalue weighted by atomic mass is 10.1. The summed E-state index contributed by atoms with van der Waals surface area (Å²) in [5.41, 5.74) is -0.865. The molecule has 0 amide bonds. The van der Waals surface area contributed by atoms with Crippen molar-refractivity contribution in [2.24, 2.45) is 0 Å². The summed E-state index contributed by atoms with van der Waals surface area (Å²) >= 11 is 9.31. The largest absolute Gasteiger partial charge is 0.322 e. The molecule has 0 N–H and O–H groups in total. The SMILES string of the molecule is CCCCOP(=S)(S)OCCCC.CN1CCC[C@H]1c1cccnc1. The molecule has 25 heavy (non-hydrogen) atoms. The number of hydrogen-bond acceptors (Lipinski definition) is 5. The van der Waals surface area contributed by atoms with Crippen LogP contribution in [-0.4, -0.2) is 36.7 Å². The zero-order valence-corrected chi connectivity index (χ0v) is 18.4. The summed E-state index contributed by atoms with van der Waals surface area (Å²) in [5.74, 6) is 0. The van der Waals surface area contributed by atoms with Crippen LogP contribution in [0, 0.1) is 0 Å². The summed E-state index contributed by atoms with van der Waals surface area (Å²) < 4.78 is 10.8. The monoisotopic (exact) mass is 404 g/mol. The second-order valence-electron chi connectivity index (χ2n) is 6.27. The Morgan fingerprint density at radius 3 is 2.36 bits per heavy atom. The molecule has 1 fully saturated rings. The van der Waals surface area contributed by atoms with Gasteiger partial charge in [-0.15, -0.1) is 0 Å². The molecule has 1 aromatic heterocycles. The smallest absolute Gasteiger partial charge is 0.244 e. The van der Waals surface area contributed by atoms with Gasteiger partial charge in [0.1, 0.15) is 0 Å². The molecule has 2 rings (SSSR count). The van der Waals surface area contributed by atoms with Crippen molar-refractivity contribution in [1.29, 1.82) is 0 Å². The predicted molar refractivity (Wildman–Crippen MR) is 114 cm³/mol. The maximum Gasteiger partial charge on any atom is 0.244 e. The molecule has 0 radical (unpaired) electrons. The van der Waals surface area contributed by atoms with Gasteiger partial charge < -0.3 is 9.05 Å². The second-order valence-corrected chi connectivity index (χ2v) is 11.6. The molecular formula is C18H33N2O2PS2. The van der Waals surface area contributed by atoms with Crippen molar-refractivity contribution >= 4 is 29.7 Å². The zero-order chi connectivity index (χ0) is 18.5. The first kappa shape index (κ1) is 23.1. The standard InChI is InChI=1S/C10H14N2.C8H19O2PS2/c1-12-7-3-5-10(12)9-4-2-6-11-8-9;1-3-5-7-9-11(12,13)10-8-6-4-2/h2,4,6,8,10H,3,5,7H2,1H3;3-8H2,1-2H3,(H,12,13)/t10-;/m0./s1. The van der Waals surface area contributed by atoms with Gasteiger partial charge >= 0.3 is 0 Å². The Kier molecular flexibility index (Phi) is 12.2. The third-order valence-corrected chi connectivity index (χ3v) is 6.44. The molecule has 0 aromatic carbocycles. The van der Waals surface area contributed by atoms with E-state index in [-0.39, 0.29) is 0 Å². The molecule has 0 unspecified atom stereocenters. The fourth-order valence-electron chi connectivity index (χ4n) is 2.59. The lowest BCUT2D eigenvalue weighted by Gasteiger charge is -2.18. The van der Waals surface area contributed by atoms with Gasteiger partial charge in [-0.1, -0.05) is 45.0 Å². The maximum absolute atomic E-state index is 5.38. The first-order chi connectivity index (χ1) is 12.0. The van der Waals surface area contributed by atoms with E-state index in [2.05, 4.69) is 49.1 Å². The summed E-state index contributed by atoms with van der Waals surface area (Å²) in [6.07, 6.45) is 10.7. The number of hydrogen-bond donors (Lipinski definition) is 1. The normalized spacial score (nSPS) is 18.0. The van der Waals surface area contributed by atoms with Crippen molar-refractivity contribution in [3.05, 3.63) is 30.1 Å². The van der Waals surface area contributed by atoms with Crippen molar-refractivity contribution in [1.82, 2.24) is 9.88 Å². The molecule has 0 spiro atoms. The quantitative estimate of drug-likeness (QED) is 0.328. The number of unbranched alkanes of at least 4 members (excludes halogenated alkanes) is 2. The maximum atomic E-state index is 5.38. The van der Waals surface area contributed by atoms with Crippen LogP contribution in [0.2, 0.25) is 0 Å². The van der Waals surface area contributed by atoms with Gasteiger partial charge in [0.25, 0.3) is 0 Å². The third kappa shape index (κ3) is 10.1. The minimum absolute atomic E-state index is 0.610. The van der Waals surface area contributed by atoms with Crippen molar-refractivity contribution in [2.75, 3.05) is 26.8 Å². The molecule has 2 heterocycles. The minimum Gasteiger partial charge on any atom is -0.322 e. The molecule has 1 atom stereocenters. The Hall–Kier alpha value is 0.0300. The fraction of sp³-hybridized carbons (Fsp3) is 0.722. The minimum atomic E-state index is -2.22. The van der Waals surface area contributed by atoms with E-state index in [0.717, 1.165) is 25.7 Å². The van der Waals surface area contributed by atoms with Gasteiger partial charge in [-0.2, -0.15) is 0 Å². The van der Waals surface area contributed by atoms with E-state index >= 15 is 0 Å². The predicted octanol–water partition coefficient (Wildman–Crippen LogP) is 5.62. The first-order valence-electron chi connectivity index (χ1n) is 9.22. The highest BCUT2D eigenvalue weighted by Gasteiger charge is 2.21. The average Bonchev–Trinajstić information content (AvgIpc) is 3.03. The Morgan fingerprint density at radius 1 is 1.28 bits per heavy atom. The molecule has 0 aliphatic carbocycles. The van der Waals surface area contributed by atoms with E-state index < -0.39 is 5.69 Å². The van der Waals surface area contributed by atoms with Crippen LogP contribution in [0.25, 0.3) is 0 Å². The molecular weight excluding hydrogens is 371 g/mol. The molecule has 7 heteroatoms. The Morgan fingerprint density at radius 2 is 1.92 bits per heavy atom. The highest BCUT2D eigenvalue weighted by atomic mass is 32.9. The van der Waals surface area contributed by atoms with Crippen molar-refractivity contribution in [3.8, 4) is 0 Å². The lowest BCUT2D eigenvalue weighted by molar-refractivity contribution is 0.253. The van der Waals surface area contributed by atoms with Crippen LogP contribution in [-0.2, 0) is 20.9 Å². The Labute approximate surface area is 164 Å². The van der Waals surface area contributed by atoms with Crippen LogP contribution in [0.5, 0.6) is 0 Å². The highest BCUT2D eigenvalue weighted by molar-refractivity contribution is 8.60. The van der Waals surface area contributed by atoms with Crippen LogP contribution >= 0.6 is 17.9 Å². The summed E-state index contributed by atoms with van der Waals surface area (Å²) in [6.45, 7) is 6.79. The number of rotatable bonds is 9. The summed E-state index contributed by atoms with van der Waals surface area (Å²) in [7, 11) is 2.19. The van der Waals surface area contributed by atoms with Gasteiger partial charge in [0, 0.05) is 18.4 Å². The highest BCUT2D eigenvalue weighted by Crippen LogP contribution is 2.53. The van der Waals surface area contributed by atoms with Gasteiger partial charge in [-0.3, -0.25) is 9.88 Å². The summed E-state index contributed by atoms with van der Waals surface area (Å²) in [5, 5.41) is 0. The molecule has 1 aliphatic heterocycles. The molecule has 1 saturated heterocycles. The molecule has 4 nitrogen and oxygen atoms in total. The Bertz CT molecular complexity index is 491. The van der Waals surface area contributed by atoms with Crippen LogP contribution in [0.4, 0.5) is 0 Å². The van der Waals surface area contributed by atoms with E-state index in [1.807, 2.05) is 18.5 Å². The van der Waals surface area contributed by atoms with Crippen LogP contribution < -0.4 is 0 Å². The van der Waals surface area contributed by atoms with Gasteiger partial charge in [0.15, 0.2) is 0 Å². The zero-order valence-electron chi connectivity index (χ0n) is 15.8. The van der Waals surface area contributed by atoms with E-state index in [4.69, 9.17) is 20.9 Å². The fourth-order valence-corrected chi connectivity index (χ4v) is 4.32. The molecule has 1 aliphatic rings. The van der Waals surface area contributed by atoms with Crippen LogP contribution in [0.1, 0.15) is 64.0 Å². The van der Waals surface area contributed by atoms with Crippen molar-refractivity contribution in [2.45, 2.75) is 58.4 Å². The van der Waals surface area contributed by atoms with E-state index in [0.29, 0.717) is 19.3 Å². The van der Waals surface area contributed by atoms with Crippen LogP contribution in [0.15, 0.2) is 24.5 Å². The van der Waals surface area contributed by atoms with E-state index in [9.17, 15) is 0 Å². The van der Waals surface area contributed by atoms with Gasteiger partial charge in [-0.25, -0.2) is 0 Å². The van der Waals surface area contributed by atoms with Crippen LogP contribution in [0.3, 0.4) is 0 Å². The van der Waals surface area contributed by atoms with Gasteiger partial charge in [-0.05, 0) is 62.7 Å². The number of pyridine rings is 1. The lowest BCUT2D eigenvalue weighted by Crippen LogP contribution is -2.17. The number of nitrogens with zero attached hydrogens (tertiary/aromatic N) is 2. The summed E-state index contributed by atoms with van der Waals surface area (Å²) in [4.78, 5) is 6.54. The number of aromatic nitrogens is 1. The molecule has 1 aromatic rings. The molecule has 0 bridgehead atoms. The second kappa shape index (κ2) is 13.2. The first-order valence-corrected chi connectivity index (χ1v) is 13.0. The molecule has 144 valence electrons. The number of thiol groups is 1. The molecule has 0 saturated carbocycles. The average molecular weight is 405 g/mol. The van der Waals surface area contributed by atoms with Crippen molar-refractivity contribution in [3.63, 3.8) is 0 Å². The number of likely N-dealkylation sites (tertiary alicyclic amines) is 1. The van der Waals surface area contributed by atoms with Gasteiger partial charge in [0.2, 0.25) is 5.69 Å². The van der Waals surface area contributed by atoms with E-state index in [1.54, 1.807) is 0 Å². The third-order valence-electron chi connectivity index (χ3n) is 4.09. The summed E-state index contributed by atoms with van der Waals surface area (Å²) in [6, 6.07) is 4.79. The van der Waals surface area contributed by atoms with E-state index in [1.165, 1.54) is 24.9 Å².